The normalized spacial score (nSPS) is 7.05. The van der Waals surface area contributed by atoms with Crippen molar-refractivity contribution in [2.75, 3.05) is 19.6 Å². The van der Waals surface area contributed by atoms with Gasteiger partial charge in [-0.25, -0.2) is 0 Å². The third kappa shape index (κ3) is 36.0. The van der Waals surface area contributed by atoms with Crippen LogP contribution in [-0.4, -0.2) is 78.1 Å². The fraction of sp³-hybridized carbons (Fsp3) is 0.333. The van der Waals surface area contributed by atoms with Gasteiger partial charge in [0.15, 0.2) is 0 Å². The van der Waals surface area contributed by atoms with Crippen molar-refractivity contribution in [2.24, 2.45) is 0 Å². The van der Waals surface area contributed by atoms with E-state index in [0.717, 1.165) is 4.90 Å². The van der Waals surface area contributed by atoms with Crippen molar-refractivity contribution in [3.8, 4) is 0 Å². The quantitative estimate of drug-likeness (QED) is 0.331. The van der Waals surface area contributed by atoms with E-state index in [4.69, 9.17) is 29.7 Å². The summed E-state index contributed by atoms with van der Waals surface area (Å²) in [7, 11) is 0. The first kappa shape index (κ1) is 30.8. The predicted octanol–water partition coefficient (Wildman–Crippen LogP) is -2.65. The topological polar surface area (TPSA) is 166 Å². The molecular formula is C9H9MoNO9+. The summed E-state index contributed by atoms with van der Waals surface area (Å²) >= 11 is 0. The Bertz CT molecular complexity index is 231. The number of carboxylic acid groups (broad SMARTS) is 3. The van der Waals surface area contributed by atoms with E-state index < -0.39 is 37.5 Å². The average molecular weight is 371 g/mol. The van der Waals surface area contributed by atoms with Gasteiger partial charge in [0.1, 0.15) is 0 Å². The van der Waals surface area contributed by atoms with Crippen LogP contribution >= 0.6 is 0 Å². The van der Waals surface area contributed by atoms with Gasteiger partial charge in [-0.05, 0) is 0 Å². The van der Waals surface area contributed by atoms with Gasteiger partial charge in [-0.15, -0.1) is 0 Å². The van der Waals surface area contributed by atoms with Crippen molar-refractivity contribution < 1.29 is 65.2 Å². The Kier molecular flexibility index (Phi) is 39.8. The number of carbonyl (C=O) groups is 3. The molecule has 20 heavy (non-hydrogen) atoms. The molecule has 0 spiro atoms. The molecule has 3 N–H and O–H groups in total. The number of aliphatic carboxylic acids is 3. The van der Waals surface area contributed by atoms with E-state index in [1.165, 1.54) is 0 Å². The monoisotopic (exact) mass is 373 g/mol. The summed E-state index contributed by atoms with van der Waals surface area (Å²) in [6.07, 6.45) is 0. The van der Waals surface area contributed by atoms with Crippen molar-refractivity contribution in [3.05, 3.63) is 0 Å². The maximum atomic E-state index is 10.1. The van der Waals surface area contributed by atoms with Gasteiger partial charge in [-0.3, -0.25) is 19.3 Å². The third-order valence-corrected chi connectivity index (χ3v) is 1.08. The second-order valence-electron chi connectivity index (χ2n) is 2.33. The van der Waals surface area contributed by atoms with Crippen LogP contribution < -0.4 is 0 Å². The Morgan fingerprint density at radius 1 is 0.650 bits per heavy atom. The third-order valence-electron chi connectivity index (χ3n) is 1.08. The van der Waals surface area contributed by atoms with Crippen LogP contribution in [0, 0.1) is 0 Å². The summed E-state index contributed by atoms with van der Waals surface area (Å²) in [4.78, 5) is 53.7. The minimum absolute atomic E-state index is 0. The van der Waals surface area contributed by atoms with Gasteiger partial charge in [0, 0.05) is 0 Å². The van der Waals surface area contributed by atoms with Crippen molar-refractivity contribution in [1.29, 1.82) is 0 Å². The molecule has 0 amide bonds. The molecule has 0 aromatic heterocycles. The zero-order valence-electron chi connectivity index (χ0n) is 9.77. The first-order valence-corrected chi connectivity index (χ1v) is 3.90. The van der Waals surface area contributed by atoms with Crippen LogP contribution in [0.4, 0.5) is 0 Å². The van der Waals surface area contributed by atoms with Crippen LogP contribution in [0.3, 0.4) is 0 Å². The largest absolute Gasteiger partial charge is 4.00 e. The molecule has 0 aliphatic heterocycles. The standard InChI is InChI=1S/C6H9NO6.3CO.Mo/c8-4(9)1-7(2-5(10)11)3-6(12)13;3*1-2;/h1-3H2,(H,8,9)(H,10,11)(H,12,13);;;;/q;3*-1;+4. The molecule has 0 aromatic rings. The Hall–Kier alpha value is -1.93. The van der Waals surface area contributed by atoms with E-state index >= 15 is 0 Å². The van der Waals surface area contributed by atoms with Gasteiger partial charge in [0.2, 0.25) is 0 Å². The van der Waals surface area contributed by atoms with Crippen molar-refractivity contribution in [2.45, 2.75) is 0 Å². The average Bonchev–Trinajstić information content (AvgIpc) is 2.34. The Morgan fingerprint density at radius 3 is 0.900 bits per heavy atom. The van der Waals surface area contributed by atoms with Gasteiger partial charge < -0.3 is 50.1 Å². The van der Waals surface area contributed by atoms with Crippen LogP contribution in [-0.2, 0) is 49.8 Å². The van der Waals surface area contributed by atoms with Gasteiger partial charge in [-0.1, -0.05) is 0 Å². The summed E-state index contributed by atoms with van der Waals surface area (Å²) in [5.41, 5.74) is 0. The van der Waals surface area contributed by atoms with Gasteiger partial charge in [0.05, 0.1) is 19.6 Å². The number of carbonyl (C=O) groups excluding carboxylic acids is 3. The van der Waals surface area contributed by atoms with E-state index in [-0.39, 0.29) is 21.1 Å². The molecule has 0 unspecified atom stereocenters. The maximum Gasteiger partial charge on any atom is 4.00 e. The predicted molar refractivity (Wildman–Crippen MR) is 56.4 cm³/mol. The number of hydrogen-bond acceptors (Lipinski definition) is 7. The molecule has 109 valence electrons. The molecule has 0 aromatic carbocycles. The minimum Gasteiger partial charge on any atom is -0.573 e. The molecule has 0 aliphatic rings. The Labute approximate surface area is 128 Å². The molecule has 3 radical (unpaired) electrons. The van der Waals surface area contributed by atoms with Crippen molar-refractivity contribution in [1.82, 2.24) is 4.90 Å². The smallest absolute Gasteiger partial charge is 0.573 e. The second-order valence-corrected chi connectivity index (χ2v) is 2.33. The van der Waals surface area contributed by atoms with Gasteiger partial charge in [0.25, 0.3) is 0 Å². The number of carboxylic acids is 3. The number of rotatable bonds is 6. The zero-order valence-corrected chi connectivity index (χ0v) is 11.8. The second kappa shape index (κ2) is 25.8. The molecule has 0 saturated heterocycles. The van der Waals surface area contributed by atoms with Gasteiger partial charge in [-0.2, -0.15) is 0 Å². The fourth-order valence-electron chi connectivity index (χ4n) is 0.742. The van der Waals surface area contributed by atoms with Gasteiger partial charge >= 0.3 is 39.0 Å². The summed E-state index contributed by atoms with van der Waals surface area (Å²) in [5, 5.41) is 24.8. The molecule has 0 saturated carbocycles. The van der Waals surface area contributed by atoms with Crippen LogP contribution in [0.5, 0.6) is 0 Å². The Balaban J connectivity index is -0.0000000940. The number of hydrogen-bond donors (Lipinski definition) is 3. The molecule has 0 rings (SSSR count). The summed E-state index contributed by atoms with van der Waals surface area (Å²) < 4.78 is 0. The molecule has 0 bridgehead atoms. The van der Waals surface area contributed by atoms with E-state index in [0.29, 0.717) is 0 Å². The van der Waals surface area contributed by atoms with Crippen molar-refractivity contribution >= 4 is 38.3 Å². The zero-order chi connectivity index (χ0) is 16.4. The summed E-state index contributed by atoms with van der Waals surface area (Å²) in [6, 6.07) is 0. The van der Waals surface area contributed by atoms with E-state index in [1.54, 1.807) is 0 Å². The van der Waals surface area contributed by atoms with Crippen LogP contribution in [0.1, 0.15) is 0 Å². The minimum atomic E-state index is -1.26. The fourth-order valence-corrected chi connectivity index (χ4v) is 0.742. The first-order valence-electron chi connectivity index (χ1n) is 3.90. The summed E-state index contributed by atoms with van der Waals surface area (Å²) in [6.45, 7) is 11.7. The van der Waals surface area contributed by atoms with Crippen LogP contribution in [0.15, 0.2) is 0 Å². The van der Waals surface area contributed by atoms with E-state index in [9.17, 15) is 14.4 Å². The SMILES string of the molecule is O=C(O)CN(CC(=O)O)CC(=O)O.[C-]=O.[C-]=O.[C-]=O.[Mo+4]. The van der Waals surface area contributed by atoms with E-state index in [2.05, 4.69) is 20.4 Å². The Morgan fingerprint density at radius 2 is 0.800 bits per heavy atom. The van der Waals surface area contributed by atoms with E-state index in [1.807, 2.05) is 0 Å². The molecule has 0 aliphatic carbocycles. The van der Waals surface area contributed by atoms with Crippen molar-refractivity contribution in [3.63, 3.8) is 0 Å². The molecule has 0 atom stereocenters. The molecule has 0 heterocycles. The molecule has 10 nitrogen and oxygen atoms in total. The first-order chi connectivity index (χ1) is 8.91. The molecule has 11 heteroatoms. The maximum absolute atomic E-state index is 10.1. The van der Waals surface area contributed by atoms with Crippen LogP contribution in [0.2, 0.25) is 0 Å². The molecular weight excluding hydrogens is 362 g/mol. The molecule has 0 fully saturated rings. The number of nitrogens with zero attached hydrogens (tertiary/aromatic N) is 1. The van der Waals surface area contributed by atoms with Crippen LogP contribution in [0.25, 0.3) is 0 Å². The summed E-state index contributed by atoms with van der Waals surface area (Å²) in [5.74, 6) is -3.78.